The number of hydrogen-bond acceptors (Lipinski definition) is 4. The van der Waals surface area contributed by atoms with E-state index in [1.165, 1.54) is 60.9 Å². The largest absolute Gasteiger partial charge is 0.471 e. The number of nitrogens with zero attached hydrogens (tertiary/aromatic N) is 2. The number of amides is 2. The van der Waals surface area contributed by atoms with Crippen molar-refractivity contribution in [1.29, 1.82) is 0 Å². The molecule has 0 unspecified atom stereocenters. The van der Waals surface area contributed by atoms with E-state index in [1.807, 2.05) is 0 Å². The zero-order valence-electron chi connectivity index (χ0n) is 15.8. The number of hydrogen-bond donors (Lipinski definition) is 2. The lowest BCUT2D eigenvalue weighted by atomic mass is 10.1. The van der Waals surface area contributed by atoms with Crippen molar-refractivity contribution >= 4 is 23.2 Å². The van der Waals surface area contributed by atoms with Gasteiger partial charge in [-0.3, -0.25) is 9.59 Å². The molecule has 0 saturated carbocycles. The summed E-state index contributed by atoms with van der Waals surface area (Å²) in [5.41, 5.74) is 1.51. The highest BCUT2D eigenvalue weighted by molar-refractivity contribution is 5.95. The maximum absolute atomic E-state index is 12.3. The molecule has 0 bridgehead atoms. The molecule has 0 aliphatic carbocycles. The van der Waals surface area contributed by atoms with Gasteiger partial charge in [0.15, 0.2) is 5.82 Å². The summed E-state index contributed by atoms with van der Waals surface area (Å²) in [5.74, 6) is -3.91. The first-order valence-corrected chi connectivity index (χ1v) is 8.73. The van der Waals surface area contributed by atoms with Crippen molar-refractivity contribution in [2.45, 2.75) is 12.4 Å². The van der Waals surface area contributed by atoms with Crippen molar-refractivity contribution in [3.8, 4) is 22.5 Å². The number of benzene rings is 2. The van der Waals surface area contributed by atoms with Crippen LogP contribution < -0.4 is 10.6 Å². The van der Waals surface area contributed by atoms with E-state index in [-0.39, 0.29) is 17.2 Å². The molecule has 6 nitrogen and oxygen atoms in total. The fraction of sp³-hybridized carbons (Fsp3) is 0.100. The molecule has 0 radical (unpaired) electrons. The Kier molecular flexibility index (Phi) is 6.14. The van der Waals surface area contributed by atoms with Crippen LogP contribution in [-0.2, 0) is 9.59 Å². The predicted octanol–water partition coefficient (Wildman–Crippen LogP) is 4.81. The third-order valence-corrected chi connectivity index (χ3v) is 4.04. The number of alkyl halides is 6. The van der Waals surface area contributed by atoms with E-state index >= 15 is 0 Å². The smallest absolute Gasteiger partial charge is 0.318 e. The fourth-order valence-electron chi connectivity index (χ4n) is 2.48. The van der Waals surface area contributed by atoms with Crippen LogP contribution in [0, 0.1) is 0 Å². The van der Waals surface area contributed by atoms with Gasteiger partial charge in [0.1, 0.15) is 0 Å². The quantitative estimate of drug-likeness (QED) is 0.554. The first-order chi connectivity index (χ1) is 14.9. The molecule has 32 heavy (non-hydrogen) atoms. The number of carbonyl (C=O) groups excluding carboxylic acids is 2. The number of aromatic nitrogens is 2. The van der Waals surface area contributed by atoms with Crippen LogP contribution in [0.25, 0.3) is 22.5 Å². The summed E-state index contributed by atoms with van der Waals surface area (Å²) < 4.78 is 73.7. The normalized spacial score (nSPS) is 11.7. The van der Waals surface area contributed by atoms with Crippen LogP contribution in [-0.4, -0.2) is 34.1 Å². The third kappa shape index (κ3) is 5.59. The van der Waals surface area contributed by atoms with Crippen molar-refractivity contribution in [3.63, 3.8) is 0 Å². The number of rotatable bonds is 4. The van der Waals surface area contributed by atoms with Gasteiger partial charge in [0.25, 0.3) is 0 Å². The molecule has 2 N–H and O–H groups in total. The second-order valence-corrected chi connectivity index (χ2v) is 6.35. The second kappa shape index (κ2) is 8.65. The zero-order chi connectivity index (χ0) is 23.5. The number of nitrogens with one attached hydrogen (secondary N) is 2. The fourth-order valence-corrected chi connectivity index (χ4v) is 2.48. The van der Waals surface area contributed by atoms with Crippen LogP contribution in [0.3, 0.4) is 0 Å². The van der Waals surface area contributed by atoms with Gasteiger partial charge in [0.2, 0.25) is 0 Å². The number of anilines is 2. The van der Waals surface area contributed by atoms with Crippen molar-refractivity contribution < 1.29 is 35.9 Å². The minimum absolute atomic E-state index is 0.0358. The Labute approximate surface area is 176 Å². The highest BCUT2D eigenvalue weighted by Crippen LogP contribution is 2.25. The molecule has 0 fully saturated rings. The molecule has 2 aromatic carbocycles. The number of carbonyl (C=O) groups is 2. The van der Waals surface area contributed by atoms with E-state index in [2.05, 4.69) is 9.97 Å². The summed E-state index contributed by atoms with van der Waals surface area (Å²) in [6.07, 6.45) is -7.10. The molecule has 12 heteroatoms. The van der Waals surface area contributed by atoms with E-state index < -0.39 is 24.2 Å². The molecule has 1 heterocycles. The van der Waals surface area contributed by atoms with Crippen LogP contribution in [0.2, 0.25) is 0 Å². The molecule has 3 aromatic rings. The van der Waals surface area contributed by atoms with E-state index in [9.17, 15) is 35.9 Å². The summed E-state index contributed by atoms with van der Waals surface area (Å²) >= 11 is 0. The standard InChI is InChI=1S/C20H12F6N4O2/c21-19(22,23)17(31)29-14-5-1-11(2-6-14)13-9-27-16(28-10-13)12-3-7-15(8-4-12)30-18(32)20(24,25)26/h1-10H,(H,29,31)(H,30,32). The molecule has 0 saturated heterocycles. The van der Waals surface area contributed by atoms with Crippen molar-refractivity contribution in [1.82, 2.24) is 9.97 Å². The molecule has 0 aliphatic rings. The van der Waals surface area contributed by atoms with E-state index in [0.717, 1.165) is 0 Å². The summed E-state index contributed by atoms with van der Waals surface area (Å²) in [5, 5.41) is 3.45. The lowest BCUT2D eigenvalue weighted by Crippen LogP contribution is -2.29. The molecular formula is C20H12F6N4O2. The van der Waals surface area contributed by atoms with Crippen molar-refractivity contribution in [3.05, 3.63) is 60.9 Å². The van der Waals surface area contributed by atoms with E-state index in [1.54, 1.807) is 10.6 Å². The van der Waals surface area contributed by atoms with Gasteiger partial charge in [-0.1, -0.05) is 12.1 Å². The Balaban J connectivity index is 1.68. The van der Waals surface area contributed by atoms with Gasteiger partial charge in [0.05, 0.1) is 0 Å². The molecule has 0 spiro atoms. The molecule has 3 rings (SSSR count). The molecule has 2 amide bonds. The Morgan fingerprint density at radius 2 is 0.969 bits per heavy atom. The third-order valence-electron chi connectivity index (χ3n) is 4.04. The average molecular weight is 454 g/mol. The van der Waals surface area contributed by atoms with Gasteiger partial charge < -0.3 is 10.6 Å². The molecule has 1 aromatic heterocycles. The van der Waals surface area contributed by atoms with Crippen LogP contribution in [0.4, 0.5) is 37.7 Å². The minimum atomic E-state index is -5.00. The first kappa shape index (κ1) is 22.7. The van der Waals surface area contributed by atoms with Gasteiger partial charge in [0, 0.05) is 34.9 Å². The Morgan fingerprint density at radius 3 is 1.34 bits per heavy atom. The topological polar surface area (TPSA) is 84.0 Å². The first-order valence-electron chi connectivity index (χ1n) is 8.73. The van der Waals surface area contributed by atoms with Gasteiger partial charge in [-0.05, 0) is 42.0 Å². The maximum Gasteiger partial charge on any atom is 0.471 e. The van der Waals surface area contributed by atoms with Gasteiger partial charge in [-0.15, -0.1) is 0 Å². The van der Waals surface area contributed by atoms with Crippen LogP contribution in [0.1, 0.15) is 0 Å². The summed E-state index contributed by atoms with van der Waals surface area (Å²) in [4.78, 5) is 30.2. The zero-order valence-corrected chi connectivity index (χ0v) is 15.8. The maximum atomic E-state index is 12.3. The Bertz CT molecular complexity index is 1020. The molecular weight excluding hydrogens is 442 g/mol. The lowest BCUT2D eigenvalue weighted by Gasteiger charge is -2.09. The SMILES string of the molecule is O=C(Nc1ccc(-c2cnc(-c3ccc(NC(=O)C(F)(F)F)cc3)nc2)cc1)C(F)(F)F. The predicted molar refractivity (Wildman–Crippen MR) is 102 cm³/mol. The van der Waals surface area contributed by atoms with Gasteiger partial charge >= 0.3 is 24.2 Å². The van der Waals surface area contributed by atoms with Gasteiger partial charge in [-0.25, -0.2) is 9.97 Å². The highest BCUT2D eigenvalue weighted by atomic mass is 19.4. The summed E-state index contributed by atoms with van der Waals surface area (Å²) in [7, 11) is 0. The Hall–Kier alpha value is -3.96. The van der Waals surface area contributed by atoms with Crippen LogP contribution in [0.5, 0.6) is 0 Å². The Morgan fingerprint density at radius 1 is 0.594 bits per heavy atom. The minimum Gasteiger partial charge on any atom is -0.318 e. The lowest BCUT2D eigenvalue weighted by molar-refractivity contribution is -0.167. The molecule has 0 aliphatic heterocycles. The second-order valence-electron chi connectivity index (χ2n) is 6.35. The molecule has 0 atom stereocenters. The molecule has 166 valence electrons. The van der Waals surface area contributed by atoms with E-state index in [0.29, 0.717) is 16.7 Å². The summed E-state index contributed by atoms with van der Waals surface area (Å²) in [6, 6.07) is 10.9. The van der Waals surface area contributed by atoms with Crippen LogP contribution in [0.15, 0.2) is 60.9 Å². The number of halogens is 6. The van der Waals surface area contributed by atoms with E-state index in [4.69, 9.17) is 0 Å². The van der Waals surface area contributed by atoms with Crippen LogP contribution >= 0.6 is 0 Å². The monoisotopic (exact) mass is 454 g/mol. The highest BCUT2D eigenvalue weighted by Gasteiger charge is 2.39. The average Bonchev–Trinajstić information content (AvgIpc) is 2.74. The summed E-state index contributed by atoms with van der Waals surface area (Å²) in [6.45, 7) is 0. The van der Waals surface area contributed by atoms with Crippen molar-refractivity contribution in [2.24, 2.45) is 0 Å². The van der Waals surface area contributed by atoms with Crippen molar-refractivity contribution in [2.75, 3.05) is 10.6 Å². The van der Waals surface area contributed by atoms with Gasteiger partial charge in [-0.2, -0.15) is 26.3 Å².